The van der Waals surface area contributed by atoms with Crippen LogP contribution in [0.4, 0.5) is 0 Å². The van der Waals surface area contributed by atoms with E-state index in [0.29, 0.717) is 5.56 Å². The summed E-state index contributed by atoms with van der Waals surface area (Å²) in [5.41, 5.74) is 0.384. The van der Waals surface area contributed by atoms with Crippen molar-refractivity contribution in [2.75, 3.05) is 24.6 Å². The van der Waals surface area contributed by atoms with Gasteiger partial charge >= 0.3 is 0 Å². The number of hydrogen-bond donors (Lipinski definition) is 1. The molecule has 1 aliphatic rings. The maximum absolute atomic E-state index is 12.1. The van der Waals surface area contributed by atoms with Gasteiger partial charge in [0.2, 0.25) is 5.56 Å². The number of H-pyrrole nitrogens is 1. The van der Waals surface area contributed by atoms with Crippen LogP contribution in [0.5, 0.6) is 0 Å². The van der Waals surface area contributed by atoms with E-state index in [2.05, 4.69) is 4.98 Å². The molecule has 5 heteroatoms. The Bertz CT molecular complexity index is 402. The molecule has 0 radical (unpaired) electrons. The fourth-order valence-electron chi connectivity index (χ4n) is 1.68. The number of rotatable bonds is 1. The average molecular weight is 238 g/mol. The molecule has 0 aliphatic carbocycles. The van der Waals surface area contributed by atoms with E-state index in [9.17, 15) is 9.59 Å². The lowest BCUT2D eigenvalue weighted by Gasteiger charge is -2.19. The van der Waals surface area contributed by atoms with Gasteiger partial charge in [-0.2, -0.15) is 11.8 Å². The SMILES string of the molecule is O=C(c1ccc(=O)[nH]c1)N1CCCSCC1. The van der Waals surface area contributed by atoms with Crippen LogP contribution >= 0.6 is 11.8 Å². The first-order valence-corrected chi connectivity index (χ1v) is 6.48. The molecule has 0 bridgehead atoms. The third-order valence-corrected chi connectivity index (χ3v) is 3.59. The van der Waals surface area contributed by atoms with Crippen molar-refractivity contribution in [1.29, 1.82) is 0 Å². The van der Waals surface area contributed by atoms with E-state index in [1.807, 2.05) is 16.7 Å². The van der Waals surface area contributed by atoms with E-state index in [1.54, 1.807) is 6.07 Å². The smallest absolute Gasteiger partial charge is 0.255 e. The van der Waals surface area contributed by atoms with Gasteiger partial charge in [-0.05, 0) is 18.2 Å². The lowest BCUT2D eigenvalue weighted by molar-refractivity contribution is 0.0768. The minimum absolute atomic E-state index is 0.0127. The Balaban J connectivity index is 2.11. The lowest BCUT2D eigenvalue weighted by Crippen LogP contribution is -2.33. The normalized spacial score (nSPS) is 16.9. The molecule has 0 saturated carbocycles. The predicted octanol–water partition coefficient (Wildman–Crippen LogP) is 0.954. The molecule has 1 aromatic heterocycles. The summed E-state index contributed by atoms with van der Waals surface area (Å²) in [4.78, 5) is 27.3. The Morgan fingerprint density at radius 3 is 2.94 bits per heavy atom. The van der Waals surface area contributed by atoms with Crippen LogP contribution in [0.25, 0.3) is 0 Å². The Morgan fingerprint density at radius 2 is 2.19 bits per heavy atom. The zero-order chi connectivity index (χ0) is 11.4. The third kappa shape index (κ3) is 2.66. The molecule has 1 amide bonds. The number of carbonyl (C=O) groups is 1. The van der Waals surface area contributed by atoms with Crippen molar-refractivity contribution in [2.45, 2.75) is 6.42 Å². The summed E-state index contributed by atoms with van der Waals surface area (Å²) in [6, 6.07) is 2.97. The number of pyridine rings is 1. The molecule has 2 rings (SSSR count). The number of aromatic amines is 1. The van der Waals surface area contributed by atoms with Crippen LogP contribution in [0.15, 0.2) is 23.1 Å². The Morgan fingerprint density at radius 1 is 1.31 bits per heavy atom. The first-order valence-electron chi connectivity index (χ1n) is 5.33. The standard InChI is InChI=1S/C11H14N2O2S/c14-10-3-2-9(8-12-10)11(15)13-4-1-6-16-7-5-13/h2-3,8H,1,4-7H2,(H,12,14). The highest BCUT2D eigenvalue weighted by Gasteiger charge is 2.17. The van der Waals surface area contributed by atoms with E-state index >= 15 is 0 Å². The van der Waals surface area contributed by atoms with Crippen molar-refractivity contribution in [2.24, 2.45) is 0 Å². The first kappa shape index (κ1) is 11.3. The zero-order valence-corrected chi connectivity index (χ0v) is 9.76. The van der Waals surface area contributed by atoms with Gasteiger partial charge < -0.3 is 9.88 Å². The molecule has 2 heterocycles. The molecule has 16 heavy (non-hydrogen) atoms. The Labute approximate surface area is 98.0 Å². The summed E-state index contributed by atoms with van der Waals surface area (Å²) >= 11 is 1.88. The van der Waals surface area contributed by atoms with E-state index in [1.165, 1.54) is 12.3 Å². The van der Waals surface area contributed by atoms with Crippen molar-refractivity contribution in [3.8, 4) is 0 Å². The molecule has 0 unspecified atom stereocenters. The summed E-state index contributed by atoms with van der Waals surface area (Å²) < 4.78 is 0. The quantitative estimate of drug-likeness (QED) is 0.792. The van der Waals surface area contributed by atoms with Gasteiger partial charge in [0.25, 0.3) is 5.91 Å². The summed E-state index contributed by atoms with van der Waals surface area (Å²) in [7, 11) is 0. The van der Waals surface area contributed by atoms with Crippen molar-refractivity contribution >= 4 is 17.7 Å². The number of nitrogens with one attached hydrogen (secondary N) is 1. The highest BCUT2D eigenvalue weighted by Crippen LogP contribution is 2.12. The van der Waals surface area contributed by atoms with Gasteiger partial charge in [0.05, 0.1) is 5.56 Å². The lowest BCUT2D eigenvalue weighted by atomic mass is 10.2. The van der Waals surface area contributed by atoms with Crippen molar-refractivity contribution in [3.63, 3.8) is 0 Å². The number of thioether (sulfide) groups is 1. The van der Waals surface area contributed by atoms with Gasteiger partial charge in [0.1, 0.15) is 0 Å². The van der Waals surface area contributed by atoms with Crippen molar-refractivity contribution in [3.05, 3.63) is 34.2 Å². The minimum Gasteiger partial charge on any atom is -0.338 e. The molecular formula is C11H14N2O2S. The fourth-order valence-corrected chi connectivity index (χ4v) is 2.56. The zero-order valence-electron chi connectivity index (χ0n) is 8.94. The molecule has 0 aromatic carbocycles. The van der Waals surface area contributed by atoms with Gasteiger partial charge in [0, 0.05) is 31.1 Å². The molecule has 4 nitrogen and oxygen atoms in total. The van der Waals surface area contributed by atoms with Gasteiger partial charge in [-0.15, -0.1) is 0 Å². The molecule has 0 atom stereocenters. The summed E-state index contributed by atoms with van der Waals surface area (Å²) in [5, 5.41) is 0. The average Bonchev–Trinajstić information content (AvgIpc) is 2.57. The maximum atomic E-state index is 12.1. The second kappa shape index (κ2) is 5.21. The predicted molar refractivity (Wildman–Crippen MR) is 64.9 cm³/mol. The van der Waals surface area contributed by atoms with E-state index < -0.39 is 0 Å². The van der Waals surface area contributed by atoms with E-state index in [4.69, 9.17) is 0 Å². The Kier molecular flexibility index (Phi) is 3.66. The topological polar surface area (TPSA) is 53.2 Å². The molecule has 0 spiro atoms. The molecular weight excluding hydrogens is 224 g/mol. The number of carbonyl (C=O) groups excluding carboxylic acids is 1. The molecule has 86 valence electrons. The summed E-state index contributed by atoms with van der Waals surface area (Å²) in [6.45, 7) is 1.60. The summed E-state index contributed by atoms with van der Waals surface area (Å²) in [5.74, 6) is 2.13. The molecule has 1 saturated heterocycles. The van der Waals surface area contributed by atoms with Gasteiger partial charge in [-0.3, -0.25) is 9.59 Å². The van der Waals surface area contributed by atoms with Crippen LogP contribution in [0.2, 0.25) is 0 Å². The first-order chi connectivity index (χ1) is 7.77. The molecule has 1 aliphatic heterocycles. The molecule has 1 N–H and O–H groups in total. The van der Waals surface area contributed by atoms with Gasteiger partial charge in [-0.1, -0.05) is 0 Å². The van der Waals surface area contributed by atoms with Crippen molar-refractivity contribution < 1.29 is 4.79 Å². The Hall–Kier alpha value is -1.23. The molecule has 1 aromatic rings. The number of nitrogens with zero attached hydrogens (tertiary/aromatic N) is 1. The van der Waals surface area contributed by atoms with Crippen molar-refractivity contribution in [1.82, 2.24) is 9.88 Å². The molecule has 1 fully saturated rings. The summed E-state index contributed by atoms with van der Waals surface area (Å²) in [6.07, 6.45) is 2.53. The third-order valence-electron chi connectivity index (χ3n) is 2.54. The highest BCUT2D eigenvalue weighted by molar-refractivity contribution is 7.99. The highest BCUT2D eigenvalue weighted by atomic mass is 32.2. The van der Waals surface area contributed by atoms with Gasteiger partial charge in [-0.25, -0.2) is 0 Å². The maximum Gasteiger partial charge on any atom is 0.255 e. The van der Waals surface area contributed by atoms with Crippen LogP contribution in [0.3, 0.4) is 0 Å². The minimum atomic E-state index is -0.178. The largest absolute Gasteiger partial charge is 0.338 e. The van der Waals surface area contributed by atoms with E-state index in [-0.39, 0.29) is 11.5 Å². The number of amides is 1. The van der Waals surface area contributed by atoms with E-state index in [0.717, 1.165) is 31.0 Å². The van der Waals surface area contributed by atoms with Crippen LogP contribution in [0.1, 0.15) is 16.8 Å². The monoisotopic (exact) mass is 238 g/mol. The fraction of sp³-hybridized carbons (Fsp3) is 0.455. The van der Waals surface area contributed by atoms with Crippen LogP contribution in [-0.2, 0) is 0 Å². The second-order valence-electron chi connectivity index (χ2n) is 3.70. The van der Waals surface area contributed by atoms with Gasteiger partial charge in [0.15, 0.2) is 0 Å². The second-order valence-corrected chi connectivity index (χ2v) is 4.92. The van der Waals surface area contributed by atoms with Crippen LogP contribution in [-0.4, -0.2) is 40.4 Å². The number of hydrogen-bond acceptors (Lipinski definition) is 3. The van der Waals surface area contributed by atoms with Crippen LogP contribution < -0.4 is 5.56 Å². The van der Waals surface area contributed by atoms with Crippen LogP contribution in [0, 0.1) is 0 Å². The number of aromatic nitrogens is 1.